The van der Waals surface area contributed by atoms with Gasteiger partial charge in [-0.1, -0.05) is 45.6 Å². The molecule has 3 heteroatoms. The van der Waals surface area contributed by atoms with Crippen molar-refractivity contribution in [3.05, 3.63) is 0 Å². The second kappa shape index (κ2) is 9.10. The summed E-state index contributed by atoms with van der Waals surface area (Å²) in [4.78, 5) is 10.8. The van der Waals surface area contributed by atoms with Crippen LogP contribution in [0, 0.1) is 0 Å². The average molecular weight is 198 g/mol. The van der Waals surface area contributed by atoms with Crippen molar-refractivity contribution in [3.8, 4) is 0 Å². The summed E-state index contributed by atoms with van der Waals surface area (Å²) in [6.07, 6.45) is 7.94. The van der Waals surface area contributed by atoms with E-state index in [1.807, 2.05) is 0 Å². The van der Waals surface area contributed by atoms with Crippen molar-refractivity contribution < 1.29 is 9.53 Å². The van der Waals surface area contributed by atoms with Crippen molar-refractivity contribution >= 4 is 12.7 Å². The van der Waals surface area contributed by atoms with Gasteiger partial charge in [-0.2, -0.15) is 0 Å². The largest absolute Gasteiger partial charge is 0.469 e. The third kappa shape index (κ3) is 9.62. The molecule has 0 bridgehead atoms. The van der Waals surface area contributed by atoms with Crippen LogP contribution in [0.2, 0.25) is 20.0 Å². The maximum atomic E-state index is 10.8. The minimum Gasteiger partial charge on any atom is -0.469 e. The number of unbranched alkanes of at least 4 members (excludes halogenated alkanes) is 4. The third-order valence-corrected chi connectivity index (χ3v) is 2.39. The fraction of sp³-hybridized carbons (Fsp3) is 0.909. The molecule has 0 aromatic heterocycles. The summed E-state index contributed by atoms with van der Waals surface area (Å²) >= 11 is 0. The first-order valence-corrected chi connectivity index (χ1v) is 5.73. The molecule has 0 saturated heterocycles. The Kier molecular flexibility index (Phi) is 8.80. The molecule has 0 radical (unpaired) electrons. The van der Waals surface area contributed by atoms with Crippen molar-refractivity contribution in [1.82, 2.24) is 0 Å². The highest BCUT2D eigenvalue weighted by Crippen LogP contribution is 2.09. The Morgan fingerprint density at radius 1 is 1.07 bits per heavy atom. The van der Waals surface area contributed by atoms with Crippen molar-refractivity contribution in [2.75, 3.05) is 7.11 Å². The molecule has 0 aliphatic heterocycles. The molecule has 0 aliphatic rings. The van der Waals surface area contributed by atoms with Crippen LogP contribution in [0.4, 0.5) is 0 Å². The van der Waals surface area contributed by atoms with Gasteiger partial charge < -0.3 is 4.74 Å². The van der Waals surface area contributed by atoms with Gasteiger partial charge in [-0.3, -0.25) is 4.79 Å². The summed E-state index contributed by atoms with van der Waals surface area (Å²) in [7, 11) is 1.45. The zero-order valence-electron chi connectivity index (χ0n) is 9.84. The molecule has 0 aromatic carbocycles. The minimum atomic E-state index is -0.0767. The molecule has 0 unspecified atom stereocenters. The van der Waals surface area contributed by atoms with Gasteiger partial charge in [0.25, 0.3) is 0 Å². The van der Waals surface area contributed by atoms with Gasteiger partial charge in [0.2, 0.25) is 0 Å². The number of carbonyl (C=O) groups is 1. The normalized spacial score (nSPS) is 9.93. The monoisotopic (exact) mass is 198 g/mol. The topological polar surface area (TPSA) is 26.3 Å². The predicted molar refractivity (Wildman–Crippen MR) is 62.0 cm³/mol. The standard InChI is InChI=1S/C11H23BO2/c1-12(2)10-8-6-4-5-7-9-11(13)14-3/h4-10H2,1-3H3. The highest BCUT2D eigenvalue weighted by Gasteiger charge is 2.00. The highest BCUT2D eigenvalue weighted by atomic mass is 16.5. The highest BCUT2D eigenvalue weighted by molar-refractivity contribution is 6.55. The van der Waals surface area contributed by atoms with Crippen LogP contribution in [0.25, 0.3) is 0 Å². The Hall–Kier alpha value is -0.465. The molecular formula is C11H23BO2. The zero-order valence-corrected chi connectivity index (χ0v) is 9.84. The predicted octanol–water partition coefficient (Wildman–Crippen LogP) is 3.25. The molecule has 0 saturated carbocycles. The van der Waals surface area contributed by atoms with Crippen molar-refractivity contribution in [1.29, 1.82) is 0 Å². The van der Waals surface area contributed by atoms with Gasteiger partial charge in [-0.25, -0.2) is 0 Å². The Morgan fingerprint density at radius 2 is 1.64 bits per heavy atom. The van der Waals surface area contributed by atoms with E-state index < -0.39 is 0 Å². The molecule has 0 aromatic rings. The smallest absolute Gasteiger partial charge is 0.305 e. The molecule has 0 amide bonds. The summed E-state index contributed by atoms with van der Waals surface area (Å²) in [5.74, 6) is -0.0767. The van der Waals surface area contributed by atoms with Crippen LogP contribution in [0.3, 0.4) is 0 Å². The van der Waals surface area contributed by atoms with Crippen LogP contribution in [-0.4, -0.2) is 19.8 Å². The summed E-state index contributed by atoms with van der Waals surface area (Å²) in [6, 6.07) is 0. The van der Waals surface area contributed by atoms with E-state index in [0.29, 0.717) is 6.42 Å². The van der Waals surface area contributed by atoms with E-state index in [0.717, 1.165) is 19.6 Å². The molecule has 2 nitrogen and oxygen atoms in total. The molecule has 14 heavy (non-hydrogen) atoms. The minimum absolute atomic E-state index is 0.0767. The first-order valence-electron chi connectivity index (χ1n) is 5.73. The van der Waals surface area contributed by atoms with Crippen molar-refractivity contribution in [2.24, 2.45) is 0 Å². The fourth-order valence-electron chi connectivity index (χ4n) is 1.45. The SMILES string of the molecule is COC(=O)CCCCCCCB(C)C. The van der Waals surface area contributed by atoms with Crippen LogP contribution < -0.4 is 0 Å². The second-order valence-corrected chi connectivity index (χ2v) is 4.28. The van der Waals surface area contributed by atoms with Crippen LogP contribution in [0.15, 0.2) is 0 Å². The van der Waals surface area contributed by atoms with E-state index in [9.17, 15) is 4.79 Å². The molecule has 0 rings (SSSR count). The van der Waals surface area contributed by atoms with Crippen LogP contribution >= 0.6 is 0 Å². The second-order valence-electron chi connectivity index (χ2n) is 4.28. The number of rotatable bonds is 8. The van der Waals surface area contributed by atoms with Gasteiger partial charge in [0.1, 0.15) is 6.71 Å². The van der Waals surface area contributed by atoms with Gasteiger partial charge >= 0.3 is 5.97 Å². The average Bonchev–Trinajstić information content (AvgIpc) is 2.15. The van der Waals surface area contributed by atoms with Gasteiger partial charge in [0, 0.05) is 6.42 Å². The summed E-state index contributed by atoms with van der Waals surface area (Å²) in [6.45, 7) is 5.35. The summed E-state index contributed by atoms with van der Waals surface area (Å²) in [5, 5.41) is 0. The quantitative estimate of drug-likeness (QED) is 0.340. The number of carbonyl (C=O) groups excluding carboxylic acids is 1. The fourth-order valence-corrected chi connectivity index (χ4v) is 1.45. The molecular weight excluding hydrogens is 175 g/mol. The summed E-state index contributed by atoms with van der Waals surface area (Å²) < 4.78 is 4.57. The first kappa shape index (κ1) is 13.5. The lowest BCUT2D eigenvalue weighted by atomic mass is 9.51. The Morgan fingerprint density at radius 3 is 2.21 bits per heavy atom. The van der Waals surface area contributed by atoms with E-state index in [2.05, 4.69) is 18.4 Å². The molecule has 0 aliphatic carbocycles. The maximum Gasteiger partial charge on any atom is 0.305 e. The number of hydrogen-bond acceptors (Lipinski definition) is 2. The zero-order chi connectivity index (χ0) is 10.8. The van der Waals surface area contributed by atoms with Gasteiger partial charge in [-0.05, 0) is 6.42 Å². The number of esters is 1. The van der Waals surface area contributed by atoms with Gasteiger partial charge in [0.05, 0.1) is 7.11 Å². The van der Waals surface area contributed by atoms with E-state index in [4.69, 9.17) is 0 Å². The molecule has 0 spiro atoms. The number of methoxy groups -OCH3 is 1. The van der Waals surface area contributed by atoms with Crippen LogP contribution in [0.1, 0.15) is 38.5 Å². The summed E-state index contributed by atoms with van der Waals surface area (Å²) in [5.41, 5.74) is 0. The molecule has 0 heterocycles. The lowest BCUT2D eigenvalue weighted by Crippen LogP contribution is -1.99. The lowest BCUT2D eigenvalue weighted by molar-refractivity contribution is -0.140. The Bertz CT molecular complexity index is 146. The van der Waals surface area contributed by atoms with E-state index in [1.165, 1.54) is 32.7 Å². The lowest BCUT2D eigenvalue weighted by Gasteiger charge is -2.02. The van der Waals surface area contributed by atoms with Crippen LogP contribution in [0.5, 0.6) is 0 Å². The van der Waals surface area contributed by atoms with Crippen LogP contribution in [-0.2, 0) is 9.53 Å². The van der Waals surface area contributed by atoms with Crippen molar-refractivity contribution in [3.63, 3.8) is 0 Å². The van der Waals surface area contributed by atoms with Crippen molar-refractivity contribution in [2.45, 2.75) is 58.5 Å². The van der Waals surface area contributed by atoms with Gasteiger partial charge in [0.15, 0.2) is 0 Å². The van der Waals surface area contributed by atoms with E-state index in [1.54, 1.807) is 0 Å². The van der Waals surface area contributed by atoms with Gasteiger partial charge in [-0.15, -0.1) is 0 Å². The van der Waals surface area contributed by atoms with E-state index in [-0.39, 0.29) is 5.97 Å². The Labute approximate surface area is 88.5 Å². The Balaban J connectivity index is 3.03. The number of hydrogen-bond donors (Lipinski definition) is 0. The third-order valence-electron chi connectivity index (χ3n) is 2.39. The maximum absolute atomic E-state index is 10.8. The molecule has 0 N–H and O–H groups in total. The molecule has 0 atom stereocenters. The van der Waals surface area contributed by atoms with E-state index >= 15 is 0 Å². The first-order chi connectivity index (χ1) is 6.66. The molecule has 0 fully saturated rings. The molecule has 82 valence electrons. The number of ether oxygens (including phenoxy) is 1.